The number of hydrogen-bond acceptors (Lipinski definition) is 3. The Morgan fingerprint density at radius 2 is 2.09 bits per heavy atom. The van der Waals surface area contributed by atoms with Crippen LogP contribution in [0.15, 0.2) is 52.0 Å². The summed E-state index contributed by atoms with van der Waals surface area (Å²) in [5, 5.41) is 5.49. The first-order valence-corrected chi connectivity index (χ1v) is 8.61. The Labute approximate surface area is 137 Å². The molecule has 1 aromatic carbocycles. The summed E-state index contributed by atoms with van der Waals surface area (Å²) in [7, 11) is 0. The number of carbonyl (C=O) groups excluding carboxylic acids is 1. The van der Waals surface area contributed by atoms with Gasteiger partial charge in [0.2, 0.25) is 0 Å². The van der Waals surface area contributed by atoms with Gasteiger partial charge < -0.3 is 9.88 Å². The van der Waals surface area contributed by atoms with Crippen molar-refractivity contribution in [1.82, 2.24) is 9.88 Å². The topological polar surface area (TPSA) is 53.2 Å². The highest BCUT2D eigenvalue weighted by Crippen LogP contribution is 2.30. The van der Waals surface area contributed by atoms with Gasteiger partial charge in [-0.1, -0.05) is 18.2 Å². The number of nitrogens with zero attached hydrogens (tertiary/aromatic N) is 1. The summed E-state index contributed by atoms with van der Waals surface area (Å²) in [4.78, 5) is 29.7. The van der Waals surface area contributed by atoms with Crippen LogP contribution < -0.4 is 5.56 Å². The highest BCUT2D eigenvalue weighted by atomic mass is 32.1. The molecule has 1 saturated carbocycles. The number of pyridine rings is 1. The molecule has 1 N–H and O–H groups in total. The number of benzene rings is 1. The molecule has 1 amide bonds. The maximum absolute atomic E-state index is 12.9. The van der Waals surface area contributed by atoms with Gasteiger partial charge in [0.15, 0.2) is 0 Å². The lowest BCUT2D eigenvalue weighted by Gasteiger charge is -2.22. The number of carbonyl (C=O) groups is 1. The van der Waals surface area contributed by atoms with E-state index in [-0.39, 0.29) is 17.5 Å². The molecular formula is C18H16N2O2S. The van der Waals surface area contributed by atoms with Crippen LogP contribution in [0, 0.1) is 0 Å². The zero-order chi connectivity index (χ0) is 15.8. The van der Waals surface area contributed by atoms with Crippen molar-refractivity contribution < 1.29 is 4.79 Å². The third kappa shape index (κ3) is 2.80. The first-order valence-electron chi connectivity index (χ1n) is 7.66. The van der Waals surface area contributed by atoms with Gasteiger partial charge in [0, 0.05) is 18.0 Å². The Morgan fingerprint density at radius 3 is 2.83 bits per heavy atom. The van der Waals surface area contributed by atoms with Crippen LogP contribution in [0.25, 0.3) is 10.8 Å². The van der Waals surface area contributed by atoms with Crippen molar-refractivity contribution in [2.24, 2.45) is 0 Å². The zero-order valence-electron chi connectivity index (χ0n) is 12.5. The molecule has 3 aromatic rings. The average molecular weight is 324 g/mol. The number of hydrogen-bond donors (Lipinski definition) is 1. The Kier molecular flexibility index (Phi) is 3.50. The minimum absolute atomic E-state index is 0.0958. The van der Waals surface area contributed by atoms with Crippen LogP contribution in [-0.4, -0.2) is 21.8 Å². The first-order chi connectivity index (χ1) is 11.2. The van der Waals surface area contributed by atoms with E-state index in [9.17, 15) is 9.59 Å². The molecule has 1 aliphatic rings. The summed E-state index contributed by atoms with van der Waals surface area (Å²) in [5.74, 6) is -0.0958. The molecule has 4 rings (SSSR count). The summed E-state index contributed by atoms with van der Waals surface area (Å²) >= 11 is 1.63. The third-order valence-electron chi connectivity index (χ3n) is 4.17. The fraction of sp³-hybridized carbons (Fsp3) is 0.222. The summed E-state index contributed by atoms with van der Waals surface area (Å²) in [6, 6.07) is 11.4. The molecule has 0 saturated heterocycles. The molecule has 1 fully saturated rings. The van der Waals surface area contributed by atoms with E-state index < -0.39 is 0 Å². The van der Waals surface area contributed by atoms with E-state index in [4.69, 9.17) is 0 Å². The molecule has 116 valence electrons. The molecular weight excluding hydrogens is 308 g/mol. The van der Waals surface area contributed by atoms with Gasteiger partial charge in [-0.3, -0.25) is 9.59 Å². The second kappa shape index (κ2) is 5.66. The first kappa shape index (κ1) is 14.2. The lowest BCUT2D eigenvalue weighted by molar-refractivity contribution is 0.0724. The molecule has 5 heteroatoms. The molecule has 2 aromatic heterocycles. The summed E-state index contributed by atoms with van der Waals surface area (Å²) in [6.07, 6.45) is 2.07. The monoisotopic (exact) mass is 324 g/mol. The Morgan fingerprint density at radius 1 is 1.26 bits per heavy atom. The van der Waals surface area contributed by atoms with Crippen molar-refractivity contribution in [2.45, 2.75) is 25.4 Å². The molecule has 1 aliphatic carbocycles. The van der Waals surface area contributed by atoms with Gasteiger partial charge in [-0.05, 0) is 52.8 Å². The number of fused-ring (bicyclic) bond motifs is 1. The van der Waals surface area contributed by atoms with E-state index in [2.05, 4.69) is 10.4 Å². The van der Waals surface area contributed by atoms with Crippen molar-refractivity contribution in [3.05, 3.63) is 68.8 Å². The Balaban J connectivity index is 1.70. The van der Waals surface area contributed by atoms with E-state index in [0.717, 1.165) is 23.8 Å². The maximum Gasteiger partial charge on any atom is 0.270 e. The van der Waals surface area contributed by atoms with Crippen molar-refractivity contribution in [1.29, 1.82) is 0 Å². The number of nitrogens with one attached hydrogen (secondary N) is 1. The SMILES string of the molecule is O=C(c1cc2ccccc2c(=O)[nH]1)N(Cc1ccsc1)C1CC1. The summed E-state index contributed by atoms with van der Waals surface area (Å²) in [6.45, 7) is 0.599. The predicted octanol–water partition coefficient (Wildman–Crippen LogP) is 3.39. The molecule has 0 bridgehead atoms. The highest BCUT2D eigenvalue weighted by Gasteiger charge is 2.33. The summed E-state index contributed by atoms with van der Waals surface area (Å²) in [5.41, 5.74) is 1.30. The van der Waals surface area contributed by atoms with E-state index in [1.807, 2.05) is 34.5 Å². The van der Waals surface area contributed by atoms with Crippen LogP contribution in [0.5, 0.6) is 0 Å². The second-order valence-corrected chi connectivity index (χ2v) is 6.68. The van der Waals surface area contributed by atoms with Crippen molar-refractivity contribution in [3.63, 3.8) is 0 Å². The van der Waals surface area contributed by atoms with Crippen LogP contribution in [0.2, 0.25) is 0 Å². The van der Waals surface area contributed by atoms with Crippen molar-refractivity contribution in [3.8, 4) is 0 Å². The zero-order valence-corrected chi connectivity index (χ0v) is 13.3. The maximum atomic E-state index is 12.9. The van der Waals surface area contributed by atoms with Crippen molar-refractivity contribution >= 4 is 28.0 Å². The van der Waals surface area contributed by atoms with E-state index in [1.165, 1.54) is 0 Å². The van der Waals surface area contributed by atoms with Crippen molar-refractivity contribution in [2.75, 3.05) is 0 Å². The largest absolute Gasteiger partial charge is 0.330 e. The molecule has 0 aliphatic heterocycles. The van der Waals surface area contributed by atoms with Gasteiger partial charge in [-0.2, -0.15) is 11.3 Å². The quantitative estimate of drug-likeness (QED) is 0.800. The normalized spacial score (nSPS) is 14.1. The number of amides is 1. The number of aromatic nitrogens is 1. The molecule has 23 heavy (non-hydrogen) atoms. The second-order valence-electron chi connectivity index (χ2n) is 5.90. The van der Waals surface area contributed by atoms with Crippen LogP contribution in [0.3, 0.4) is 0 Å². The lowest BCUT2D eigenvalue weighted by atomic mass is 10.1. The van der Waals surface area contributed by atoms with Gasteiger partial charge in [0.05, 0.1) is 0 Å². The fourth-order valence-electron chi connectivity index (χ4n) is 2.81. The molecule has 2 heterocycles. The Hall–Kier alpha value is -2.40. The average Bonchev–Trinajstić information content (AvgIpc) is 3.28. The lowest BCUT2D eigenvalue weighted by Crippen LogP contribution is -2.34. The van der Waals surface area contributed by atoms with Gasteiger partial charge in [-0.25, -0.2) is 0 Å². The summed E-state index contributed by atoms with van der Waals surface area (Å²) < 4.78 is 0. The minimum Gasteiger partial charge on any atom is -0.330 e. The number of thiophene rings is 1. The van der Waals surface area contributed by atoms with Gasteiger partial charge in [0.1, 0.15) is 5.69 Å². The van der Waals surface area contributed by atoms with Crippen LogP contribution in [-0.2, 0) is 6.54 Å². The van der Waals surface area contributed by atoms with E-state index in [0.29, 0.717) is 17.6 Å². The predicted molar refractivity (Wildman–Crippen MR) is 91.8 cm³/mol. The van der Waals surface area contributed by atoms with Gasteiger partial charge >= 0.3 is 0 Å². The third-order valence-corrected chi connectivity index (χ3v) is 4.90. The molecule has 0 atom stereocenters. The van der Waals surface area contributed by atoms with Gasteiger partial charge in [0.25, 0.3) is 11.5 Å². The minimum atomic E-state index is -0.210. The Bertz CT molecular complexity index is 910. The fourth-order valence-corrected chi connectivity index (χ4v) is 3.47. The van der Waals surface area contributed by atoms with Crippen LogP contribution >= 0.6 is 11.3 Å². The number of H-pyrrole nitrogens is 1. The number of aromatic amines is 1. The van der Waals surface area contributed by atoms with Crippen LogP contribution in [0.1, 0.15) is 28.9 Å². The standard InChI is InChI=1S/C18H16N2O2S/c21-17-15-4-2-1-3-13(15)9-16(19-17)18(22)20(14-5-6-14)10-12-7-8-23-11-12/h1-4,7-9,11,14H,5-6,10H2,(H,19,21). The van der Waals surface area contributed by atoms with E-state index >= 15 is 0 Å². The smallest absolute Gasteiger partial charge is 0.270 e. The molecule has 0 unspecified atom stereocenters. The molecule has 0 spiro atoms. The van der Waals surface area contributed by atoms with Crippen LogP contribution in [0.4, 0.5) is 0 Å². The highest BCUT2D eigenvalue weighted by molar-refractivity contribution is 7.07. The van der Waals surface area contributed by atoms with E-state index in [1.54, 1.807) is 23.5 Å². The molecule has 4 nitrogen and oxygen atoms in total. The number of rotatable bonds is 4. The van der Waals surface area contributed by atoms with Gasteiger partial charge in [-0.15, -0.1) is 0 Å². The molecule has 0 radical (unpaired) electrons.